The third kappa shape index (κ3) is 3.03. The number of ether oxygens (including phenoxy) is 1. The van der Waals surface area contributed by atoms with Crippen molar-refractivity contribution in [2.45, 2.75) is 26.4 Å². The number of nitrogens with two attached hydrogens (primary N) is 1. The van der Waals surface area contributed by atoms with Crippen LogP contribution in [0.3, 0.4) is 0 Å². The second kappa shape index (κ2) is 6.00. The van der Waals surface area contributed by atoms with E-state index in [9.17, 15) is 0 Å². The third-order valence-corrected chi connectivity index (χ3v) is 3.45. The number of morpholine rings is 1. The minimum atomic E-state index is 0.178. The molecule has 102 valence electrons. The Balaban J connectivity index is 2.20. The van der Waals surface area contributed by atoms with Gasteiger partial charge in [-0.15, -0.1) is 0 Å². The van der Waals surface area contributed by atoms with E-state index < -0.39 is 0 Å². The quantitative estimate of drug-likeness (QED) is 0.881. The molecule has 1 aliphatic rings. The van der Waals surface area contributed by atoms with Crippen LogP contribution in [0.25, 0.3) is 0 Å². The highest BCUT2D eigenvalue weighted by atomic mass is 16.5. The van der Waals surface area contributed by atoms with Crippen molar-refractivity contribution in [3.63, 3.8) is 0 Å². The minimum absolute atomic E-state index is 0.178. The van der Waals surface area contributed by atoms with Crippen LogP contribution in [0.1, 0.15) is 23.2 Å². The standard InChI is InChI=1S/C14H20N4O/c1-10-7-14(17-11(2)13(10)8-16)18-5-6-19-12(9-18)3-4-15/h7,12H,3-6,9,15H2,1-2H3/t12-/m1/s1. The highest BCUT2D eigenvalue weighted by Gasteiger charge is 2.21. The van der Waals surface area contributed by atoms with Crippen LogP contribution in [0, 0.1) is 25.2 Å². The van der Waals surface area contributed by atoms with Gasteiger partial charge in [0.2, 0.25) is 0 Å². The monoisotopic (exact) mass is 260 g/mol. The van der Waals surface area contributed by atoms with Crippen LogP contribution in [0.2, 0.25) is 0 Å². The molecule has 5 nitrogen and oxygen atoms in total. The third-order valence-electron chi connectivity index (χ3n) is 3.45. The second-order valence-corrected chi connectivity index (χ2v) is 4.89. The number of aryl methyl sites for hydroxylation is 2. The number of aromatic nitrogens is 1. The fraction of sp³-hybridized carbons (Fsp3) is 0.571. The molecule has 0 unspecified atom stereocenters. The van der Waals surface area contributed by atoms with Gasteiger partial charge in [-0.25, -0.2) is 4.98 Å². The van der Waals surface area contributed by atoms with Gasteiger partial charge in [-0.05, 0) is 38.4 Å². The van der Waals surface area contributed by atoms with Crippen molar-refractivity contribution in [3.8, 4) is 6.07 Å². The van der Waals surface area contributed by atoms with Crippen LogP contribution in [0.4, 0.5) is 5.82 Å². The summed E-state index contributed by atoms with van der Waals surface area (Å²) in [7, 11) is 0. The summed E-state index contributed by atoms with van der Waals surface area (Å²) >= 11 is 0. The van der Waals surface area contributed by atoms with Gasteiger partial charge in [0.05, 0.1) is 24.0 Å². The van der Waals surface area contributed by atoms with Gasteiger partial charge in [-0.3, -0.25) is 0 Å². The first-order chi connectivity index (χ1) is 9.15. The van der Waals surface area contributed by atoms with E-state index >= 15 is 0 Å². The number of hydrogen-bond donors (Lipinski definition) is 1. The van der Waals surface area contributed by atoms with Crippen molar-refractivity contribution in [1.29, 1.82) is 5.26 Å². The van der Waals surface area contributed by atoms with Crippen molar-refractivity contribution in [2.75, 3.05) is 31.1 Å². The number of nitrogens with zero attached hydrogens (tertiary/aromatic N) is 3. The molecule has 2 N–H and O–H groups in total. The van der Waals surface area contributed by atoms with Crippen molar-refractivity contribution in [3.05, 3.63) is 22.9 Å². The van der Waals surface area contributed by atoms with Gasteiger partial charge in [-0.2, -0.15) is 5.26 Å². The lowest BCUT2D eigenvalue weighted by Crippen LogP contribution is -2.43. The Bertz CT molecular complexity index is 470. The molecule has 1 aliphatic heterocycles. The van der Waals surface area contributed by atoms with Crippen molar-refractivity contribution >= 4 is 5.82 Å². The molecule has 0 saturated carbocycles. The number of nitriles is 1. The van der Waals surface area contributed by atoms with Crippen LogP contribution >= 0.6 is 0 Å². The number of pyridine rings is 1. The molecule has 0 spiro atoms. The minimum Gasteiger partial charge on any atom is -0.374 e. The summed E-state index contributed by atoms with van der Waals surface area (Å²) in [5.41, 5.74) is 8.03. The molecule has 1 fully saturated rings. The molecule has 2 rings (SSSR count). The molecule has 0 aromatic carbocycles. The second-order valence-electron chi connectivity index (χ2n) is 4.89. The van der Waals surface area contributed by atoms with E-state index in [0.717, 1.165) is 36.6 Å². The normalized spacial score (nSPS) is 19.3. The zero-order valence-electron chi connectivity index (χ0n) is 11.5. The van der Waals surface area contributed by atoms with Gasteiger partial charge in [-0.1, -0.05) is 0 Å². The van der Waals surface area contributed by atoms with Crippen LogP contribution in [-0.4, -0.2) is 37.3 Å². The van der Waals surface area contributed by atoms with Crippen LogP contribution < -0.4 is 10.6 Å². The molecule has 1 aromatic rings. The Kier molecular flexibility index (Phi) is 4.35. The summed E-state index contributed by atoms with van der Waals surface area (Å²) in [5.74, 6) is 0.930. The maximum Gasteiger partial charge on any atom is 0.129 e. The van der Waals surface area contributed by atoms with Gasteiger partial charge in [0, 0.05) is 13.1 Å². The molecular formula is C14H20N4O. The van der Waals surface area contributed by atoms with Gasteiger partial charge >= 0.3 is 0 Å². The summed E-state index contributed by atoms with van der Waals surface area (Å²) in [6.45, 7) is 6.82. The summed E-state index contributed by atoms with van der Waals surface area (Å²) in [6.07, 6.45) is 1.04. The molecular weight excluding hydrogens is 240 g/mol. The fourth-order valence-corrected chi connectivity index (χ4v) is 2.43. The number of rotatable bonds is 3. The number of anilines is 1. The molecule has 19 heavy (non-hydrogen) atoms. The first-order valence-electron chi connectivity index (χ1n) is 6.60. The van der Waals surface area contributed by atoms with Gasteiger partial charge in [0.25, 0.3) is 0 Å². The van der Waals surface area contributed by atoms with Crippen molar-refractivity contribution < 1.29 is 4.74 Å². The van der Waals surface area contributed by atoms with E-state index in [4.69, 9.17) is 15.7 Å². The maximum absolute atomic E-state index is 9.08. The Morgan fingerprint density at radius 1 is 1.58 bits per heavy atom. The zero-order valence-corrected chi connectivity index (χ0v) is 11.5. The smallest absolute Gasteiger partial charge is 0.129 e. The topological polar surface area (TPSA) is 75.2 Å². The van der Waals surface area contributed by atoms with E-state index in [1.807, 2.05) is 19.9 Å². The Labute approximate surface area is 114 Å². The number of hydrogen-bond acceptors (Lipinski definition) is 5. The summed E-state index contributed by atoms with van der Waals surface area (Å²) in [5, 5.41) is 9.08. The lowest BCUT2D eigenvalue weighted by atomic mass is 10.1. The summed E-state index contributed by atoms with van der Waals surface area (Å²) in [4.78, 5) is 6.75. The summed E-state index contributed by atoms with van der Waals surface area (Å²) in [6, 6.07) is 4.18. The highest BCUT2D eigenvalue weighted by molar-refractivity contribution is 5.50. The molecule has 0 amide bonds. The van der Waals surface area contributed by atoms with E-state index in [1.165, 1.54) is 0 Å². The van der Waals surface area contributed by atoms with E-state index in [-0.39, 0.29) is 6.10 Å². The molecule has 0 aliphatic carbocycles. The molecule has 0 radical (unpaired) electrons. The van der Waals surface area contributed by atoms with Gasteiger partial charge in [0.1, 0.15) is 11.9 Å². The lowest BCUT2D eigenvalue weighted by molar-refractivity contribution is 0.0366. The average Bonchev–Trinajstić information content (AvgIpc) is 2.39. The van der Waals surface area contributed by atoms with Gasteiger partial charge in [0.15, 0.2) is 0 Å². The maximum atomic E-state index is 9.08. The van der Waals surface area contributed by atoms with E-state index in [1.54, 1.807) is 0 Å². The predicted octanol–water partition coefficient (Wildman–Crippen LogP) is 1.12. The molecule has 1 atom stereocenters. The Hall–Kier alpha value is -1.64. The average molecular weight is 260 g/mol. The Morgan fingerprint density at radius 2 is 2.37 bits per heavy atom. The van der Waals surface area contributed by atoms with Crippen LogP contribution in [0.5, 0.6) is 0 Å². The van der Waals surface area contributed by atoms with Crippen LogP contribution in [0.15, 0.2) is 6.07 Å². The fourth-order valence-electron chi connectivity index (χ4n) is 2.43. The molecule has 2 heterocycles. The van der Waals surface area contributed by atoms with Crippen LogP contribution in [-0.2, 0) is 4.74 Å². The van der Waals surface area contributed by atoms with Crippen molar-refractivity contribution in [1.82, 2.24) is 4.98 Å². The summed E-state index contributed by atoms with van der Waals surface area (Å²) < 4.78 is 5.67. The largest absolute Gasteiger partial charge is 0.374 e. The van der Waals surface area contributed by atoms with Crippen molar-refractivity contribution in [2.24, 2.45) is 5.73 Å². The zero-order chi connectivity index (χ0) is 13.8. The van der Waals surface area contributed by atoms with E-state index in [0.29, 0.717) is 18.7 Å². The lowest BCUT2D eigenvalue weighted by Gasteiger charge is -2.34. The molecule has 0 bridgehead atoms. The molecule has 5 heteroatoms. The van der Waals surface area contributed by atoms with Gasteiger partial charge < -0.3 is 15.4 Å². The highest BCUT2D eigenvalue weighted by Crippen LogP contribution is 2.21. The molecule has 1 aromatic heterocycles. The predicted molar refractivity (Wildman–Crippen MR) is 74.1 cm³/mol. The first-order valence-corrected chi connectivity index (χ1v) is 6.60. The SMILES string of the molecule is Cc1cc(N2CCO[C@H](CCN)C2)nc(C)c1C#N. The van der Waals surface area contributed by atoms with E-state index in [2.05, 4.69) is 16.0 Å². The Morgan fingerprint density at radius 3 is 3.00 bits per heavy atom. The first kappa shape index (κ1) is 13.8. The molecule has 1 saturated heterocycles.